The van der Waals surface area contributed by atoms with E-state index < -0.39 is 16.5 Å². The van der Waals surface area contributed by atoms with Gasteiger partial charge in [-0.3, -0.25) is 0 Å². The van der Waals surface area contributed by atoms with Gasteiger partial charge in [-0.05, 0) is 34.2 Å². The van der Waals surface area contributed by atoms with Crippen LogP contribution in [0.5, 0.6) is 0 Å². The lowest BCUT2D eigenvalue weighted by atomic mass is 10.1. The molecule has 0 saturated heterocycles. The first-order valence-corrected chi connectivity index (χ1v) is 15.5. The molecule has 0 aliphatic carbocycles. The number of rotatable bonds is 6. The van der Waals surface area contributed by atoms with E-state index in [-0.39, 0.29) is 0 Å². The first-order chi connectivity index (χ1) is 11.1. The van der Waals surface area contributed by atoms with Crippen LogP contribution in [0.2, 0.25) is 36.3 Å². The van der Waals surface area contributed by atoms with Gasteiger partial charge in [0.1, 0.15) is 16.5 Å². The minimum atomic E-state index is -1.58. The molecule has 3 heteroatoms. The van der Waals surface area contributed by atoms with Gasteiger partial charge >= 0.3 is 0 Å². The highest BCUT2D eigenvalue weighted by molar-refractivity contribution is 6.93. The molecule has 1 rings (SSSR count). The Balaban J connectivity index is 3.22. The fourth-order valence-electron chi connectivity index (χ4n) is 3.18. The first-order valence-electron chi connectivity index (χ1n) is 9.64. The van der Waals surface area contributed by atoms with Crippen molar-refractivity contribution in [2.45, 2.75) is 84.2 Å². The molecule has 1 nitrogen and oxygen atoms in total. The molecule has 0 aliphatic rings. The summed E-state index contributed by atoms with van der Waals surface area (Å²) in [7, 11) is -3.16. The Morgan fingerprint density at radius 3 is 1.80 bits per heavy atom. The lowest BCUT2D eigenvalue weighted by Gasteiger charge is -2.57. The summed E-state index contributed by atoms with van der Waals surface area (Å²) in [6.07, 6.45) is 3.07. The smallest absolute Gasteiger partial charge is 0.121 e. The van der Waals surface area contributed by atoms with Crippen LogP contribution in [0, 0.1) is 0 Å². The van der Waals surface area contributed by atoms with Crippen LogP contribution in [0.4, 0.5) is 0 Å². The summed E-state index contributed by atoms with van der Waals surface area (Å²) in [6, 6.07) is 8.86. The Labute approximate surface area is 159 Å². The van der Waals surface area contributed by atoms with Crippen molar-refractivity contribution in [3.05, 3.63) is 42.0 Å². The molecule has 0 N–H and O–H groups in total. The zero-order chi connectivity index (χ0) is 19.7. The maximum Gasteiger partial charge on any atom is 0.121 e. The van der Waals surface area contributed by atoms with Crippen LogP contribution in [0.25, 0.3) is 6.08 Å². The van der Waals surface area contributed by atoms with Crippen LogP contribution in [-0.2, 0) is 6.42 Å². The van der Waals surface area contributed by atoms with E-state index in [1.807, 2.05) is 6.08 Å². The molecule has 0 aliphatic heterocycles. The van der Waals surface area contributed by atoms with Crippen LogP contribution in [0.3, 0.4) is 0 Å². The summed E-state index contributed by atoms with van der Waals surface area (Å²) in [4.78, 5) is 0. The zero-order valence-corrected chi connectivity index (χ0v) is 20.5. The predicted molar refractivity (Wildman–Crippen MR) is 121 cm³/mol. The normalized spacial score (nSPS) is 14.0. The molecule has 0 bridgehead atoms. The molecule has 1 aromatic carbocycles. The Morgan fingerprint density at radius 1 is 0.920 bits per heavy atom. The van der Waals surface area contributed by atoms with Crippen molar-refractivity contribution in [2.75, 3.05) is 6.54 Å². The number of benzene rings is 1. The summed E-state index contributed by atoms with van der Waals surface area (Å²) >= 11 is 0. The average Bonchev–Trinajstić information content (AvgIpc) is 2.44. The van der Waals surface area contributed by atoms with Crippen LogP contribution in [-0.4, -0.2) is 27.2 Å². The zero-order valence-electron chi connectivity index (χ0n) is 18.5. The maximum atomic E-state index is 3.91. The third-order valence-corrected chi connectivity index (χ3v) is 20.7. The van der Waals surface area contributed by atoms with Crippen LogP contribution in [0.15, 0.2) is 30.8 Å². The second kappa shape index (κ2) is 7.54. The summed E-state index contributed by atoms with van der Waals surface area (Å²) in [5.41, 5.74) is 2.66. The van der Waals surface area contributed by atoms with E-state index in [2.05, 4.69) is 103 Å². The summed E-state index contributed by atoms with van der Waals surface area (Å²) in [5, 5.41) is 0.733. The summed E-state index contributed by atoms with van der Waals surface area (Å²) in [6.45, 7) is 30.0. The van der Waals surface area contributed by atoms with E-state index in [0.717, 1.165) is 6.42 Å². The number of nitrogens with zero attached hydrogens (tertiary/aromatic N) is 1. The fourth-order valence-corrected chi connectivity index (χ4v) is 13.7. The Morgan fingerprint density at radius 2 is 1.40 bits per heavy atom. The average molecular weight is 376 g/mol. The third kappa shape index (κ3) is 4.96. The highest BCUT2D eigenvalue weighted by atomic mass is 28.4. The fraction of sp³-hybridized carbons (Fsp3) is 0.636. The van der Waals surface area contributed by atoms with Gasteiger partial charge in [0.25, 0.3) is 0 Å². The maximum absolute atomic E-state index is 3.91. The molecule has 0 radical (unpaired) electrons. The number of hydrogen-bond donors (Lipinski definition) is 0. The second-order valence-electron chi connectivity index (χ2n) is 10.5. The van der Waals surface area contributed by atoms with Crippen LogP contribution >= 0.6 is 0 Å². The minimum absolute atomic E-state index is 0.367. The Bertz CT molecular complexity index is 563. The van der Waals surface area contributed by atoms with Gasteiger partial charge in [0.2, 0.25) is 0 Å². The predicted octanol–water partition coefficient (Wildman–Crippen LogP) is 7.18. The van der Waals surface area contributed by atoms with E-state index in [9.17, 15) is 0 Å². The lowest BCUT2D eigenvalue weighted by molar-refractivity contribution is 0.513. The topological polar surface area (TPSA) is 3.24 Å². The summed E-state index contributed by atoms with van der Waals surface area (Å²) in [5.74, 6) is 0. The molecule has 142 valence electrons. The molecule has 0 atom stereocenters. The monoisotopic (exact) mass is 375 g/mol. The van der Waals surface area contributed by atoms with Crippen molar-refractivity contribution in [3.63, 3.8) is 0 Å². The van der Waals surface area contributed by atoms with E-state index in [0.29, 0.717) is 10.1 Å². The molecule has 0 amide bonds. The molecule has 1 aromatic rings. The summed E-state index contributed by atoms with van der Waals surface area (Å²) < 4.78 is 3.01. The second-order valence-corrected chi connectivity index (χ2v) is 21.2. The van der Waals surface area contributed by atoms with E-state index >= 15 is 0 Å². The molecule has 0 saturated carbocycles. The van der Waals surface area contributed by atoms with Crippen molar-refractivity contribution in [1.29, 1.82) is 0 Å². The van der Waals surface area contributed by atoms with Gasteiger partial charge < -0.3 is 4.23 Å². The quantitative estimate of drug-likeness (QED) is 0.476. The molecule has 0 aromatic heterocycles. The first kappa shape index (κ1) is 22.4. The van der Waals surface area contributed by atoms with Gasteiger partial charge in [-0.2, -0.15) is 0 Å². The van der Waals surface area contributed by atoms with Gasteiger partial charge in [-0.15, -0.1) is 0 Å². The third-order valence-electron chi connectivity index (χ3n) is 6.83. The van der Waals surface area contributed by atoms with Crippen LogP contribution < -0.4 is 0 Å². The number of hydrogen-bond acceptors (Lipinski definition) is 1. The largest absolute Gasteiger partial charge is 0.345 e. The van der Waals surface area contributed by atoms with Gasteiger partial charge in [-0.1, -0.05) is 105 Å². The van der Waals surface area contributed by atoms with Crippen molar-refractivity contribution >= 4 is 22.5 Å². The highest BCUT2D eigenvalue weighted by Crippen LogP contribution is 2.46. The van der Waals surface area contributed by atoms with Gasteiger partial charge in [0.15, 0.2) is 0 Å². The van der Waals surface area contributed by atoms with Crippen LogP contribution in [0.1, 0.15) is 52.7 Å². The van der Waals surface area contributed by atoms with E-state index in [1.165, 1.54) is 17.7 Å². The molecule has 0 unspecified atom stereocenters. The van der Waals surface area contributed by atoms with E-state index in [4.69, 9.17) is 0 Å². The van der Waals surface area contributed by atoms with E-state index in [1.54, 1.807) is 0 Å². The molecular formula is C22H41NSi2. The standard InChI is InChI=1S/C22H41NSi2/c1-12-19-14-13-15-20(18-19)16-17-23(24(8,9)21(2,3)4)25(10,11)22(5,6)7/h12-15,18H,1,16-17H2,2-11H3. The van der Waals surface area contributed by atoms with Gasteiger partial charge in [0.05, 0.1) is 0 Å². The van der Waals surface area contributed by atoms with Crippen molar-refractivity contribution in [1.82, 2.24) is 4.23 Å². The van der Waals surface area contributed by atoms with Gasteiger partial charge in [0, 0.05) is 0 Å². The highest BCUT2D eigenvalue weighted by Gasteiger charge is 2.51. The molecular weight excluding hydrogens is 334 g/mol. The minimum Gasteiger partial charge on any atom is -0.345 e. The van der Waals surface area contributed by atoms with Crippen molar-refractivity contribution < 1.29 is 0 Å². The molecule has 25 heavy (non-hydrogen) atoms. The Hall–Kier alpha value is -0.646. The lowest BCUT2D eigenvalue weighted by Crippen LogP contribution is -2.68. The van der Waals surface area contributed by atoms with Crippen molar-refractivity contribution in [2.24, 2.45) is 0 Å². The molecule has 0 spiro atoms. The SMILES string of the molecule is C=Cc1cccc(CCN([Si](C)(C)C(C)(C)C)[Si](C)(C)C(C)(C)C)c1. The van der Waals surface area contributed by atoms with Crippen molar-refractivity contribution in [3.8, 4) is 0 Å². The molecule has 0 fully saturated rings. The Kier molecular flexibility index (Phi) is 6.75. The molecule has 0 heterocycles. The van der Waals surface area contributed by atoms with Gasteiger partial charge in [-0.25, -0.2) is 0 Å².